The highest BCUT2D eigenvalue weighted by atomic mass is 16.4. The number of benzene rings is 1. The average Bonchev–Trinajstić information content (AvgIpc) is 2.73. The average molecular weight is 232 g/mol. The molecule has 0 bridgehead atoms. The Morgan fingerprint density at radius 3 is 2.65 bits per heavy atom. The van der Waals surface area contributed by atoms with E-state index in [-0.39, 0.29) is 5.56 Å². The monoisotopic (exact) mass is 232 g/mol. The van der Waals surface area contributed by atoms with Crippen molar-refractivity contribution in [2.75, 3.05) is 5.32 Å². The van der Waals surface area contributed by atoms with Gasteiger partial charge in [0.25, 0.3) is 0 Å². The second kappa shape index (κ2) is 4.65. The van der Waals surface area contributed by atoms with Gasteiger partial charge in [0.05, 0.1) is 12.1 Å². The molecule has 0 fully saturated rings. The van der Waals surface area contributed by atoms with Gasteiger partial charge >= 0.3 is 5.97 Å². The summed E-state index contributed by atoms with van der Waals surface area (Å²) >= 11 is 0. The van der Waals surface area contributed by atoms with Crippen LogP contribution in [0, 0.1) is 0 Å². The minimum atomic E-state index is -0.925. The Hall–Kier alpha value is -2.37. The molecule has 0 aliphatic rings. The maximum Gasteiger partial charge on any atom is 0.335 e. The van der Waals surface area contributed by atoms with Crippen LogP contribution in [-0.4, -0.2) is 26.1 Å². The predicted molar refractivity (Wildman–Crippen MR) is 61.7 cm³/mol. The van der Waals surface area contributed by atoms with Gasteiger partial charge in [-0.05, 0) is 24.3 Å². The van der Waals surface area contributed by atoms with Crippen LogP contribution in [0.15, 0.2) is 30.5 Å². The number of carboxylic acid groups (broad SMARTS) is 1. The molecule has 88 valence electrons. The third-order valence-corrected chi connectivity index (χ3v) is 2.26. The summed E-state index contributed by atoms with van der Waals surface area (Å²) in [5.74, 6) is -0.925. The van der Waals surface area contributed by atoms with Gasteiger partial charge in [0.2, 0.25) is 0 Å². The Kier molecular flexibility index (Phi) is 3.04. The van der Waals surface area contributed by atoms with Crippen molar-refractivity contribution in [1.82, 2.24) is 15.0 Å². The van der Waals surface area contributed by atoms with Crippen molar-refractivity contribution in [3.63, 3.8) is 0 Å². The van der Waals surface area contributed by atoms with E-state index in [0.717, 1.165) is 11.4 Å². The van der Waals surface area contributed by atoms with Crippen molar-refractivity contribution in [3.8, 4) is 0 Å². The number of aromatic carboxylic acids is 1. The Balaban J connectivity index is 1.97. The molecule has 0 saturated heterocycles. The van der Waals surface area contributed by atoms with Crippen molar-refractivity contribution in [2.45, 2.75) is 6.54 Å². The molecule has 0 radical (unpaired) electrons. The van der Waals surface area contributed by atoms with Crippen LogP contribution in [0.4, 0.5) is 5.69 Å². The number of carboxylic acids is 1. The lowest BCUT2D eigenvalue weighted by Gasteiger charge is -2.03. The maximum atomic E-state index is 10.7. The smallest absolute Gasteiger partial charge is 0.335 e. The third kappa shape index (κ3) is 2.81. The lowest BCUT2D eigenvalue weighted by atomic mass is 10.2. The Morgan fingerprint density at radius 2 is 2.12 bits per heavy atom. The molecule has 17 heavy (non-hydrogen) atoms. The van der Waals surface area contributed by atoms with E-state index in [1.165, 1.54) is 0 Å². The third-order valence-electron chi connectivity index (χ3n) is 2.26. The van der Waals surface area contributed by atoms with Gasteiger partial charge in [0.15, 0.2) is 0 Å². The molecule has 0 spiro atoms. The fraction of sp³-hybridized carbons (Fsp3) is 0.182. The zero-order valence-electron chi connectivity index (χ0n) is 9.29. The molecule has 6 heteroatoms. The number of carbonyl (C=O) groups is 1. The van der Waals surface area contributed by atoms with Crippen LogP contribution < -0.4 is 5.32 Å². The summed E-state index contributed by atoms with van der Waals surface area (Å²) in [6, 6.07) is 6.56. The number of hydrogen-bond donors (Lipinski definition) is 2. The Labute approximate surface area is 97.9 Å². The number of aryl methyl sites for hydroxylation is 1. The van der Waals surface area contributed by atoms with Gasteiger partial charge in [-0.2, -0.15) is 0 Å². The molecule has 6 nitrogen and oxygen atoms in total. The number of hydrogen-bond acceptors (Lipinski definition) is 4. The SMILES string of the molecule is Cn1cc(CNc2ccc(C(=O)O)cc2)nn1. The minimum absolute atomic E-state index is 0.273. The van der Waals surface area contributed by atoms with Crippen LogP contribution in [0.2, 0.25) is 0 Å². The second-order valence-corrected chi connectivity index (χ2v) is 3.62. The molecular weight excluding hydrogens is 220 g/mol. The van der Waals surface area contributed by atoms with Gasteiger partial charge in [-0.15, -0.1) is 5.10 Å². The summed E-state index contributed by atoms with van der Waals surface area (Å²) in [5.41, 5.74) is 1.95. The lowest BCUT2D eigenvalue weighted by molar-refractivity contribution is 0.0697. The first kappa shape index (κ1) is 11.1. The van der Waals surface area contributed by atoms with Crippen LogP contribution in [0.3, 0.4) is 0 Å². The fourth-order valence-electron chi connectivity index (χ4n) is 1.40. The van der Waals surface area contributed by atoms with Crippen molar-refractivity contribution in [2.24, 2.45) is 7.05 Å². The summed E-state index contributed by atoms with van der Waals surface area (Å²) in [5, 5.41) is 19.6. The van der Waals surface area contributed by atoms with Crippen LogP contribution in [0.1, 0.15) is 16.1 Å². The highest BCUT2D eigenvalue weighted by molar-refractivity contribution is 5.87. The summed E-state index contributed by atoms with van der Waals surface area (Å²) in [6.07, 6.45) is 1.82. The standard InChI is InChI=1S/C11H12N4O2/c1-15-7-10(13-14-15)6-12-9-4-2-8(3-5-9)11(16)17/h2-5,7,12H,6H2,1H3,(H,16,17). The van der Waals surface area contributed by atoms with Crippen molar-refractivity contribution < 1.29 is 9.90 Å². The molecule has 0 atom stereocenters. The van der Waals surface area contributed by atoms with Gasteiger partial charge in [0, 0.05) is 18.9 Å². The van der Waals surface area contributed by atoms with Crippen molar-refractivity contribution in [1.29, 1.82) is 0 Å². The normalized spacial score (nSPS) is 10.2. The van der Waals surface area contributed by atoms with E-state index >= 15 is 0 Å². The number of anilines is 1. The first-order valence-electron chi connectivity index (χ1n) is 5.07. The van der Waals surface area contributed by atoms with E-state index in [1.807, 2.05) is 6.20 Å². The summed E-state index contributed by atoms with van der Waals surface area (Å²) in [4.78, 5) is 10.7. The second-order valence-electron chi connectivity index (χ2n) is 3.62. The van der Waals surface area contributed by atoms with Crippen LogP contribution >= 0.6 is 0 Å². The predicted octanol–water partition coefficient (Wildman–Crippen LogP) is 1.13. The van der Waals surface area contributed by atoms with E-state index in [1.54, 1.807) is 36.0 Å². The van der Waals surface area contributed by atoms with Crippen LogP contribution in [0.25, 0.3) is 0 Å². The largest absolute Gasteiger partial charge is 0.478 e. The van der Waals surface area contributed by atoms with E-state index < -0.39 is 5.97 Å². The van der Waals surface area contributed by atoms with E-state index in [2.05, 4.69) is 15.6 Å². The molecule has 2 aromatic rings. The fourth-order valence-corrected chi connectivity index (χ4v) is 1.40. The van der Waals surface area contributed by atoms with Gasteiger partial charge in [-0.3, -0.25) is 4.68 Å². The summed E-state index contributed by atoms with van der Waals surface area (Å²) in [7, 11) is 1.80. The summed E-state index contributed by atoms with van der Waals surface area (Å²) in [6.45, 7) is 0.556. The van der Waals surface area contributed by atoms with Gasteiger partial charge in [-0.25, -0.2) is 4.79 Å². The van der Waals surface area contributed by atoms with E-state index in [0.29, 0.717) is 6.54 Å². The molecule has 0 unspecified atom stereocenters. The maximum absolute atomic E-state index is 10.7. The van der Waals surface area contributed by atoms with Gasteiger partial charge in [-0.1, -0.05) is 5.21 Å². The van der Waals surface area contributed by atoms with Gasteiger partial charge in [0.1, 0.15) is 5.69 Å². The van der Waals surface area contributed by atoms with E-state index in [9.17, 15) is 4.79 Å². The minimum Gasteiger partial charge on any atom is -0.478 e. The highest BCUT2D eigenvalue weighted by Crippen LogP contribution is 2.10. The summed E-state index contributed by atoms with van der Waals surface area (Å²) < 4.78 is 1.63. The number of aromatic nitrogens is 3. The van der Waals surface area contributed by atoms with Crippen molar-refractivity contribution >= 4 is 11.7 Å². The zero-order valence-corrected chi connectivity index (χ0v) is 9.29. The zero-order chi connectivity index (χ0) is 12.3. The molecule has 2 rings (SSSR count). The number of nitrogens with one attached hydrogen (secondary N) is 1. The Bertz CT molecular complexity index is 519. The molecule has 0 aliphatic heterocycles. The molecule has 0 amide bonds. The number of nitrogens with zero attached hydrogens (tertiary/aromatic N) is 3. The van der Waals surface area contributed by atoms with Crippen LogP contribution in [0.5, 0.6) is 0 Å². The molecule has 0 saturated carbocycles. The van der Waals surface area contributed by atoms with Gasteiger partial charge < -0.3 is 10.4 Å². The first-order valence-corrected chi connectivity index (χ1v) is 5.07. The molecule has 1 heterocycles. The molecule has 1 aromatic carbocycles. The molecule has 0 aliphatic carbocycles. The highest BCUT2D eigenvalue weighted by Gasteiger charge is 2.02. The Morgan fingerprint density at radius 1 is 1.41 bits per heavy atom. The first-order chi connectivity index (χ1) is 8.15. The quantitative estimate of drug-likeness (QED) is 0.825. The molecule has 1 aromatic heterocycles. The number of rotatable bonds is 4. The molecular formula is C11H12N4O2. The van der Waals surface area contributed by atoms with E-state index in [4.69, 9.17) is 5.11 Å². The topological polar surface area (TPSA) is 80.0 Å². The lowest BCUT2D eigenvalue weighted by Crippen LogP contribution is -2.01. The molecule has 2 N–H and O–H groups in total. The van der Waals surface area contributed by atoms with Crippen LogP contribution in [-0.2, 0) is 13.6 Å². The van der Waals surface area contributed by atoms with Crippen molar-refractivity contribution in [3.05, 3.63) is 41.7 Å².